The SMILES string of the molecule is Cn1ncc2ccc(-c3ccc(CCN(CCCCCCC(=O)NO)S(=O)O)cc3)cc21. The molecule has 0 radical (unpaired) electrons. The molecule has 9 heteroatoms. The highest BCUT2D eigenvalue weighted by Crippen LogP contribution is 2.24. The molecule has 0 saturated heterocycles. The fourth-order valence-electron chi connectivity index (χ4n) is 3.69. The number of nitrogens with one attached hydrogen (secondary N) is 1. The fraction of sp³-hybridized carbons (Fsp3) is 0.391. The van der Waals surface area contributed by atoms with Crippen molar-refractivity contribution in [2.24, 2.45) is 7.05 Å². The highest BCUT2D eigenvalue weighted by molar-refractivity contribution is 7.76. The molecule has 0 spiro atoms. The van der Waals surface area contributed by atoms with Gasteiger partial charge >= 0.3 is 0 Å². The first-order valence-corrected chi connectivity index (χ1v) is 11.8. The molecular formula is C23H30N4O4S. The van der Waals surface area contributed by atoms with E-state index in [1.165, 1.54) is 0 Å². The quantitative estimate of drug-likeness (QED) is 0.166. The van der Waals surface area contributed by atoms with E-state index >= 15 is 0 Å². The molecule has 8 nitrogen and oxygen atoms in total. The third-order valence-corrected chi connectivity index (χ3v) is 6.40. The second-order valence-electron chi connectivity index (χ2n) is 7.85. The van der Waals surface area contributed by atoms with Crippen molar-refractivity contribution in [1.82, 2.24) is 19.6 Å². The fourth-order valence-corrected chi connectivity index (χ4v) is 4.23. The van der Waals surface area contributed by atoms with Gasteiger partial charge in [-0.3, -0.25) is 19.2 Å². The van der Waals surface area contributed by atoms with Gasteiger partial charge in [-0.15, -0.1) is 0 Å². The van der Waals surface area contributed by atoms with Crippen LogP contribution < -0.4 is 5.48 Å². The molecule has 0 fully saturated rings. The second-order valence-corrected chi connectivity index (χ2v) is 8.83. The van der Waals surface area contributed by atoms with Gasteiger partial charge in [0.15, 0.2) is 0 Å². The van der Waals surface area contributed by atoms with Crippen molar-refractivity contribution in [2.75, 3.05) is 13.1 Å². The topological polar surface area (TPSA) is 108 Å². The molecule has 172 valence electrons. The summed E-state index contributed by atoms with van der Waals surface area (Å²) in [6, 6.07) is 14.6. The van der Waals surface area contributed by atoms with Crippen molar-refractivity contribution in [3.8, 4) is 11.1 Å². The smallest absolute Gasteiger partial charge is 0.243 e. The lowest BCUT2D eigenvalue weighted by Crippen LogP contribution is -2.29. The number of hydrogen-bond donors (Lipinski definition) is 3. The van der Waals surface area contributed by atoms with Gasteiger partial charge < -0.3 is 0 Å². The number of amides is 1. The zero-order valence-corrected chi connectivity index (χ0v) is 19.1. The van der Waals surface area contributed by atoms with Crippen LogP contribution in [0.1, 0.15) is 37.7 Å². The summed E-state index contributed by atoms with van der Waals surface area (Å²) in [5, 5.41) is 13.9. The summed E-state index contributed by atoms with van der Waals surface area (Å²) in [5.74, 6) is -0.383. The highest BCUT2D eigenvalue weighted by atomic mass is 32.2. The molecule has 1 aromatic heterocycles. The highest BCUT2D eigenvalue weighted by Gasteiger charge is 2.11. The number of carbonyl (C=O) groups excluding carboxylic acids is 1. The van der Waals surface area contributed by atoms with Crippen LogP contribution in [-0.2, 0) is 29.5 Å². The van der Waals surface area contributed by atoms with Crippen LogP contribution in [0.15, 0.2) is 48.7 Å². The van der Waals surface area contributed by atoms with Crippen LogP contribution in [0.25, 0.3) is 22.0 Å². The van der Waals surface area contributed by atoms with Crippen molar-refractivity contribution in [3.05, 3.63) is 54.2 Å². The van der Waals surface area contributed by atoms with Crippen LogP contribution in [0.4, 0.5) is 0 Å². The summed E-state index contributed by atoms with van der Waals surface area (Å²) in [5.41, 5.74) is 6.06. The van der Waals surface area contributed by atoms with E-state index in [1.54, 1.807) is 9.79 Å². The second kappa shape index (κ2) is 11.9. The summed E-state index contributed by atoms with van der Waals surface area (Å²) in [7, 11) is 1.93. The van der Waals surface area contributed by atoms with Gasteiger partial charge in [-0.25, -0.2) is 14.0 Å². The zero-order valence-electron chi connectivity index (χ0n) is 18.2. The minimum Gasteiger partial charge on any atom is -0.294 e. The number of nitrogens with zero attached hydrogens (tertiary/aromatic N) is 3. The number of unbranched alkanes of at least 4 members (excludes halogenated alkanes) is 3. The molecule has 0 aliphatic heterocycles. The minimum atomic E-state index is -2.01. The van der Waals surface area contributed by atoms with Crippen molar-refractivity contribution in [1.29, 1.82) is 0 Å². The van der Waals surface area contributed by atoms with E-state index < -0.39 is 11.3 Å². The molecule has 0 aliphatic rings. The van der Waals surface area contributed by atoms with E-state index in [2.05, 4.69) is 47.6 Å². The van der Waals surface area contributed by atoms with Crippen LogP contribution in [-0.4, -0.2) is 47.1 Å². The van der Waals surface area contributed by atoms with E-state index in [0.29, 0.717) is 25.9 Å². The predicted octanol–water partition coefficient (Wildman–Crippen LogP) is 3.68. The van der Waals surface area contributed by atoms with Crippen LogP contribution in [0, 0.1) is 0 Å². The third kappa shape index (κ3) is 6.70. The molecular weight excluding hydrogens is 428 g/mol. The van der Waals surface area contributed by atoms with Gasteiger partial charge in [0.25, 0.3) is 0 Å². The Morgan fingerprint density at radius 2 is 1.78 bits per heavy atom. The maximum absolute atomic E-state index is 11.7. The lowest BCUT2D eigenvalue weighted by molar-refractivity contribution is -0.129. The standard InChI is InChI=1S/C23H30N4O4S/c1-26-22-16-20(11-12-21(22)17-24-26)19-9-7-18(8-10-19)13-15-27(32(30)31)14-5-3-2-4-6-23(28)25-29/h7-12,16-17,29H,2-6,13-15H2,1H3,(H,25,28)(H,30,31). The maximum atomic E-state index is 11.7. The largest absolute Gasteiger partial charge is 0.294 e. The predicted molar refractivity (Wildman–Crippen MR) is 125 cm³/mol. The number of hydrogen-bond acceptors (Lipinski definition) is 4. The molecule has 32 heavy (non-hydrogen) atoms. The molecule has 1 heterocycles. The molecule has 1 atom stereocenters. The van der Waals surface area contributed by atoms with Crippen LogP contribution >= 0.6 is 0 Å². The van der Waals surface area contributed by atoms with Gasteiger partial charge in [0.2, 0.25) is 17.2 Å². The Balaban J connectivity index is 1.48. The first-order chi connectivity index (χ1) is 15.5. The molecule has 3 N–H and O–H groups in total. The van der Waals surface area contributed by atoms with Crippen molar-refractivity contribution in [3.63, 3.8) is 0 Å². The Morgan fingerprint density at radius 1 is 1.06 bits per heavy atom. The summed E-state index contributed by atoms with van der Waals surface area (Å²) in [6.07, 6.45) is 6.00. The third-order valence-electron chi connectivity index (χ3n) is 5.59. The van der Waals surface area contributed by atoms with Gasteiger partial charge in [-0.1, -0.05) is 49.2 Å². The Bertz CT molecular complexity index is 1050. The number of aryl methyl sites for hydroxylation is 1. The van der Waals surface area contributed by atoms with E-state index in [9.17, 15) is 13.6 Å². The minimum absolute atomic E-state index is 0.290. The summed E-state index contributed by atoms with van der Waals surface area (Å²) in [6.45, 7) is 1.02. The first-order valence-electron chi connectivity index (χ1n) is 10.8. The van der Waals surface area contributed by atoms with Gasteiger partial charge in [0.05, 0.1) is 11.7 Å². The van der Waals surface area contributed by atoms with E-state index in [4.69, 9.17) is 5.21 Å². The number of fused-ring (bicyclic) bond motifs is 1. The van der Waals surface area contributed by atoms with Crippen LogP contribution in [0.3, 0.4) is 0 Å². The molecule has 0 aliphatic carbocycles. The Morgan fingerprint density at radius 3 is 2.50 bits per heavy atom. The van der Waals surface area contributed by atoms with Gasteiger partial charge in [-0.2, -0.15) is 5.10 Å². The van der Waals surface area contributed by atoms with E-state index in [0.717, 1.165) is 46.9 Å². The van der Waals surface area contributed by atoms with Crippen molar-refractivity contribution in [2.45, 2.75) is 38.5 Å². The lowest BCUT2D eigenvalue weighted by atomic mass is 10.0. The monoisotopic (exact) mass is 458 g/mol. The average Bonchev–Trinajstić information content (AvgIpc) is 3.18. The van der Waals surface area contributed by atoms with Gasteiger partial charge in [0.1, 0.15) is 0 Å². The number of hydroxylamine groups is 1. The number of rotatable bonds is 12. The number of aromatic nitrogens is 2. The maximum Gasteiger partial charge on any atom is 0.243 e. The first kappa shape index (κ1) is 24.1. The summed E-state index contributed by atoms with van der Waals surface area (Å²) < 4.78 is 24.7. The zero-order chi connectivity index (χ0) is 22.9. The molecule has 1 unspecified atom stereocenters. The Kier molecular flexibility index (Phi) is 8.92. The molecule has 3 aromatic rings. The molecule has 3 rings (SSSR count). The molecule has 1 amide bonds. The number of carbonyl (C=O) groups is 1. The summed E-state index contributed by atoms with van der Waals surface area (Å²) in [4.78, 5) is 11.0. The van der Waals surface area contributed by atoms with E-state index in [1.807, 2.05) is 17.9 Å². The molecule has 0 saturated carbocycles. The van der Waals surface area contributed by atoms with Crippen LogP contribution in [0.2, 0.25) is 0 Å². The molecule has 0 bridgehead atoms. The van der Waals surface area contributed by atoms with Crippen molar-refractivity contribution >= 4 is 28.1 Å². The lowest BCUT2D eigenvalue weighted by Gasteiger charge is -2.17. The van der Waals surface area contributed by atoms with Gasteiger partial charge in [-0.05, 0) is 42.0 Å². The van der Waals surface area contributed by atoms with Gasteiger partial charge in [0, 0.05) is 31.9 Å². The summed E-state index contributed by atoms with van der Waals surface area (Å²) >= 11 is -2.01. The Hall–Kier alpha value is -2.59. The van der Waals surface area contributed by atoms with Crippen LogP contribution in [0.5, 0.6) is 0 Å². The normalized spacial score (nSPS) is 12.4. The number of benzene rings is 2. The van der Waals surface area contributed by atoms with E-state index in [-0.39, 0.29) is 12.3 Å². The van der Waals surface area contributed by atoms with Crippen molar-refractivity contribution < 1.29 is 18.8 Å². The average molecular weight is 459 g/mol. The Labute approximate surface area is 190 Å². The molecule has 2 aromatic carbocycles.